The Morgan fingerprint density at radius 3 is 2.92 bits per heavy atom. The van der Waals surface area contributed by atoms with Crippen LogP contribution in [-0.2, 0) is 12.8 Å². The number of aromatic nitrogens is 3. The minimum Gasteiger partial charge on any atom is -0.493 e. The van der Waals surface area contributed by atoms with E-state index in [0.29, 0.717) is 23.1 Å². The molecule has 1 aliphatic heterocycles. The maximum absolute atomic E-state index is 13.2. The zero-order valence-electron chi connectivity index (χ0n) is 13.2. The predicted molar refractivity (Wildman–Crippen MR) is 89.4 cm³/mol. The second-order valence-corrected chi connectivity index (χ2v) is 7.02. The van der Waals surface area contributed by atoms with E-state index in [2.05, 4.69) is 16.3 Å². The molecule has 3 heterocycles. The van der Waals surface area contributed by atoms with E-state index in [1.54, 1.807) is 10.6 Å². The van der Waals surface area contributed by atoms with Gasteiger partial charge in [-0.25, -0.2) is 8.78 Å². The maximum atomic E-state index is 13.2. The van der Waals surface area contributed by atoms with Crippen LogP contribution in [0.15, 0.2) is 30.5 Å². The van der Waals surface area contributed by atoms with Gasteiger partial charge in [0.1, 0.15) is 11.6 Å². The van der Waals surface area contributed by atoms with E-state index < -0.39 is 11.8 Å². The fourth-order valence-corrected chi connectivity index (χ4v) is 3.70. The minimum absolute atomic E-state index is 0.0784. The fourth-order valence-electron chi connectivity index (χ4n) is 3.40. The van der Waals surface area contributed by atoms with E-state index in [-0.39, 0.29) is 12.8 Å². The van der Waals surface area contributed by atoms with Crippen LogP contribution in [0.25, 0.3) is 16.8 Å². The standard InChI is InChI=1S/C18H14ClF2N3O/c19-16-13(10-1-2-14-11(7-10)4-6-25-14)3-5-24-15(22-23-17(16)24)8-12-9-18(12,20)21/h1-3,5,7,12H,4,6,8-9H2. The molecule has 1 atom stereocenters. The van der Waals surface area contributed by atoms with E-state index in [4.69, 9.17) is 16.3 Å². The Labute approximate surface area is 147 Å². The molecular formula is C18H14ClF2N3O. The highest BCUT2D eigenvalue weighted by Gasteiger charge is 2.56. The molecule has 0 spiro atoms. The number of hydrogen-bond acceptors (Lipinski definition) is 3. The van der Waals surface area contributed by atoms with Crippen LogP contribution in [-0.4, -0.2) is 27.1 Å². The van der Waals surface area contributed by atoms with Gasteiger partial charge < -0.3 is 4.74 Å². The van der Waals surface area contributed by atoms with Crippen LogP contribution in [0.5, 0.6) is 5.75 Å². The third kappa shape index (κ3) is 2.39. The molecule has 0 saturated heterocycles. The average molecular weight is 362 g/mol. The van der Waals surface area contributed by atoms with Crippen LogP contribution < -0.4 is 4.74 Å². The van der Waals surface area contributed by atoms with E-state index in [1.807, 2.05) is 18.2 Å². The molecule has 2 aromatic heterocycles. The number of fused-ring (bicyclic) bond motifs is 2. The Bertz CT molecular complexity index is 1000. The summed E-state index contributed by atoms with van der Waals surface area (Å²) < 4.78 is 33.6. The monoisotopic (exact) mass is 361 g/mol. The first-order chi connectivity index (χ1) is 12.0. The first-order valence-electron chi connectivity index (χ1n) is 8.19. The van der Waals surface area contributed by atoms with Gasteiger partial charge in [-0.05, 0) is 29.3 Å². The number of nitrogens with zero attached hydrogens (tertiary/aromatic N) is 3. The number of ether oxygens (including phenoxy) is 1. The van der Waals surface area contributed by atoms with Gasteiger partial charge in [-0.15, -0.1) is 10.2 Å². The minimum atomic E-state index is -2.57. The molecule has 1 fully saturated rings. The van der Waals surface area contributed by atoms with Crippen LogP contribution in [0.1, 0.15) is 17.8 Å². The molecule has 3 aromatic rings. The van der Waals surface area contributed by atoms with Gasteiger partial charge in [-0.1, -0.05) is 17.7 Å². The molecular weight excluding hydrogens is 348 g/mol. The van der Waals surface area contributed by atoms with Gasteiger partial charge in [0.25, 0.3) is 5.92 Å². The lowest BCUT2D eigenvalue weighted by molar-refractivity contribution is 0.0984. The summed E-state index contributed by atoms with van der Waals surface area (Å²) in [7, 11) is 0. The maximum Gasteiger partial charge on any atom is 0.252 e. The number of alkyl halides is 2. The van der Waals surface area contributed by atoms with Crippen molar-refractivity contribution in [2.24, 2.45) is 5.92 Å². The van der Waals surface area contributed by atoms with Gasteiger partial charge in [-0.3, -0.25) is 4.40 Å². The van der Waals surface area contributed by atoms with Crippen LogP contribution in [0, 0.1) is 5.92 Å². The summed E-state index contributed by atoms with van der Waals surface area (Å²) in [6.07, 6.45) is 2.81. The van der Waals surface area contributed by atoms with Crippen LogP contribution in [0.4, 0.5) is 8.78 Å². The summed E-state index contributed by atoms with van der Waals surface area (Å²) in [6, 6.07) is 7.86. The molecule has 2 aliphatic rings. The molecule has 25 heavy (non-hydrogen) atoms. The van der Waals surface area contributed by atoms with Crippen molar-refractivity contribution >= 4 is 17.2 Å². The molecule has 128 valence electrons. The summed E-state index contributed by atoms with van der Waals surface area (Å²) in [5, 5.41) is 8.66. The molecule has 4 nitrogen and oxygen atoms in total. The molecule has 0 radical (unpaired) electrons. The fraction of sp³-hybridized carbons (Fsp3) is 0.333. The number of halogens is 3. The number of rotatable bonds is 3. The SMILES string of the molecule is FC1(F)CC1Cc1nnc2c(Cl)c(-c3ccc4c(c3)CCO4)ccn12. The molecule has 5 rings (SSSR count). The summed E-state index contributed by atoms with van der Waals surface area (Å²) in [5.41, 5.74) is 3.48. The van der Waals surface area contributed by atoms with Crippen molar-refractivity contribution in [3.05, 3.63) is 46.9 Å². The van der Waals surface area contributed by atoms with Crippen molar-refractivity contribution in [3.63, 3.8) is 0 Å². The lowest BCUT2D eigenvalue weighted by Crippen LogP contribution is -2.02. The van der Waals surface area contributed by atoms with Crippen molar-refractivity contribution in [1.82, 2.24) is 14.6 Å². The Hall–Kier alpha value is -2.21. The topological polar surface area (TPSA) is 39.4 Å². The second-order valence-electron chi connectivity index (χ2n) is 6.64. The summed E-state index contributed by atoms with van der Waals surface area (Å²) in [5.74, 6) is -1.78. The molecule has 0 amide bonds. The van der Waals surface area contributed by atoms with Crippen molar-refractivity contribution in [3.8, 4) is 16.9 Å². The highest BCUT2D eigenvalue weighted by atomic mass is 35.5. The van der Waals surface area contributed by atoms with E-state index in [0.717, 1.165) is 28.9 Å². The summed E-state index contributed by atoms with van der Waals surface area (Å²) in [4.78, 5) is 0. The van der Waals surface area contributed by atoms with Gasteiger partial charge in [0.05, 0.1) is 11.6 Å². The van der Waals surface area contributed by atoms with Gasteiger partial charge in [0.2, 0.25) is 0 Å². The lowest BCUT2D eigenvalue weighted by atomic mass is 10.0. The smallest absolute Gasteiger partial charge is 0.252 e. The van der Waals surface area contributed by atoms with Gasteiger partial charge >= 0.3 is 0 Å². The lowest BCUT2D eigenvalue weighted by Gasteiger charge is -2.08. The van der Waals surface area contributed by atoms with Crippen molar-refractivity contribution < 1.29 is 13.5 Å². The largest absolute Gasteiger partial charge is 0.493 e. The van der Waals surface area contributed by atoms with Crippen LogP contribution >= 0.6 is 11.6 Å². The van der Waals surface area contributed by atoms with Crippen molar-refractivity contribution in [1.29, 1.82) is 0 Å². The molecule has 1 aliphatic carbocycles. The Morgan fingerprint density at radius 2 is 2.12 bits per heavy atom. The highest BCUT2D eigenvalue weighted by molar-refractivity contribution is 6.36. The Balaban J connectivity index is 1.54. The van der Waals surface area contributed by atoms with E-state index >= 15 is 0 Å². The van der Waals surface area contributed by atoms with Gasteiger partial charge in [0, 0.05) is 36.9 Å². The number of hydrogen-bond donors (Lipinski definition) is 0. The molecule has 7 heteroatoms. The zero-order valence-corrected chi connectivity index (χ0v) is 13.9. The third-order valence-corrected chi connectivity index (χ3v) is 5.35. The molecule has 1 unspecified atom stereocenters. The molecule has 1 saturated carbocycles. The molecule has 1 aromatic carbocycles. The highest BCUT2D eigenvalue weighted by Crippen LogP contribution is 2.50. The third-order valence-electron chi connectivity index (χ3n) is 4.97. The van der Waals surface area contributed by atoms with Gasteiger partial charge in [-0.2, -0.15) is 0 Å². The first kappa shape index (κ1) is 15.1. The summed E-state index contributed by atoms with van der Waals surface area (Å²) >= 11 is 6.55. The van der Waals surface area contributed by atoms with Crippen molar-refractivity contribution in [2.45, 2.75) is 25.2 Å². The van der Waals surface area contributed by atoms with Crippen LogP contribution in [0.2, 0.25) is 5.02 Å². The second kappa shape index (κ2) is 5.14. The predicted octanol–water partition coefficient (Wildman–Crippen LogP) is 4.18. The van der Waals surface area contributed by atoms with E-state index in [1.165, 1.54) is 0 Å². The number of pyridine rings is 1. The van der Waals surface area contributed by atoms with Gasteiger partial charge in [0.15, 0.2) is 5.65 Å². The molecule has 0 N–H and O–H groups in total. The Kier molecular flexibility index (Phi) is 3.10. The first-order valence-corrected chi connectivity index (χ1v) is 8.57. The molecule has 0 bridgehead atoms. The summed E-state index contributed by atoms with van der Waals surface area (Å²) in [6.45, 7) is 0.699. The zero-order chi connectivity index (χ0) is 17.2. The van der Waals surface area contributed by atoms with Crippen molar-refractivity contribution in [2.75, 3.05) is 6.61 Å². The normalized spacial score (nSPS) is 20.5. The van der Waals surface area contributed by atoms with Crippen LogP contribution in [0.3, 0.4) is 0 Å². The Morgan fingerprint density at radius 1 is 1.28 bits per heavy atom. The van der Waals surface area contributed by atoms with E-state index in [9.17, 15) is 8.78 Å². The number of benzene rings is 1. The quantitative estimate of drug-likeness (QED) is 0.702. The average Bonchev–Trinajstić information content (AvgIpc) is 2.98.